The van der Waals surface area contributed by atoms with Gasteiger partial charge in [0.15, 0.2) is 0 Å². The second-order valence-electron chi connectivity index (χ2n) is 6.55. The zero-order chi connectivity index (χ0) is 19.7. The second kappa shape index (κ2) is 7.95. The van der Waals surface area contributed by atoms with Gasteiger partial charge in [0.25, 0.3) is 0 Å². The van der Waals surface area contributed by atoms with Crippen molar-refractivity contribution in [2.75, 3.05) is 10.7 Å². The van der Waals surface area contributed by atoms with Gasteiger partial charge in [-0.15, -0.1) is 11.8 Å². The number of amides is 1. The number of thioether (sulfide) groups is 1. The highest BCUT2D eigenvalue weighted by atomic mass is 32.2. The summed E-state index contributed by atoms with van der Waals surface area (Å²) in [5.41, 5.74) is 2.35. The fourth-order valence-corrected chi connectivity index (χ4v) is 5.27. The van der Waals surface area contributed by atoms with Crippen LogP contribution in [0.25, 0.3) is 0 Å². The van der Waals surface area contributed by atoms with Gasteiger partial charge in [-0.2, -0.15) is 11.3 Å². The summed E-state index contributed by atoms with van der Waals surface area (Å²) in [5, 5.41) is 23.4. The summed E-state index contributed by atoms with van der Waals surface area (Å²) < 4.78 is 13.3. The van der Waals surface area contributed by atoms with Gasteiger partial charge in [0.1, 0.15) is 16.8 Å². The minimum Gasteiger partial charge on any atom is -0.508 e. The first-order valence-electron chi connectivity index (χ1n) is 8.74. The normalized spacial score (nSPS) is 20.1. The summed E-state index contributed by atoms with van der Waals surface area (Å²) in [7, 11) is 0. The Bertz CT molecular complexity index is 945. The molecule has 144 valence electrons. The van der Waals surface area contributed by atoms with Crippen LogP contribution >= 0.6 is 23.1 Å². The summed E-state index contributed by atoms with van der Waals surface area (Å²) in [6.45, 7) is 0. The van der Waals surface area contributed by atoms with Crippen LogP contribution in [-0.2, 0) is 4.79 Å². The Morgan fingerprint density at radius 2 is 1.82 bits per heavy atom. The highest BCUT2D eigenvalue weighted by molar-refractivity contribution is 8.00. The first-order chi connectivity index (χ1) is 13.5. The van der Waals surface area contributed by atoms with E-state index >= 15 is 0 Å². The van der Waals surface area contributed by atoms with Gasteiger partial charge in [-0.05, 0) is 64.4 Å². The monoisotopic (exact) mass is 415 g/mol. The molecule has 1 amide bonds. The number of halogens is 1. The lowest BCUT2D eigenvalue weighted by Gasteiger charge is -2.47. The molecule has 0 radical (unpaired) electrons. The molecule has 3 unspecified atom stereocenters. The maximum Gasteiger partial charge on any atom is 0.243 e. The molecule has 2 aromatic carbocycles. The van der Waals surface area contributed by atoms with Crippen molar-refractivity contribution in [2.45, 2.75) is 17.4 Å². The van der Waals surface area contributed by atoms with Crippen molar-refractivity contribution < 1.29 is 19.4 Å². The van der Waals surface area contributed by atoms with Crippen LogP contribution in [0.1, 0.15) is 23.3 Å². The summed E-state index contributed by atoms with van der Waals surface area (Å²) >= 11 is 2.93. The van der Waals surface area contributed by atoms with E-state index in [0.717, 1.165) is 11.1 Å². The number of aliphatic hydroxyl groups is 1. The number of carbonyl (C=O) groups is 1. The molecule has 0 saturated carbocycles. The Kier molecular flexibility index (Phi) is 5.39. The number of phenolic OH excluding ortho intramolecular Hbond substituents is 1. The van der Waals surface area contributed by atoms with Gasteiger partial charge in [-0.1, -0.05) is 12.1 Å². The summed E-state index contributed by atoms with van der Waals surface area (Å²) in [4.78, 5) is 14.5. The molecule has 2 heterocycles. The number of hydrogen-bond acceptors (Lipinski definition) is 5. The number of hydrogen-bond donors (Lipinski definition) is 2. The van der Waals surface area contributed by atoms with Crippen molar-refractivity contribution in [3.8, 4) is 5.75 Å². The fraction of sp³-hybridized carbons (Fsp3) is 0.190. The number of anilines is 1. The average molecular weight is 416 g/mol. The topological polar surface area (TPSA) is 60.8 Å². The predicted molar refractivity (Wildman–Crippen MR) is 110 cm³/mol. The predicted octanol–water partition coefficient (Wildman–Crippen LogP) is 4.52. The zero-order valence-corrected chi connectivity index (χ0v) is 16.4. The van der Waals surface area contributed by atoms with E-state index in [9.17, 15) is 19.4 Å². The molecule has 4 rings (SSSR count). The molecular formula is C21H18FNO3S2. The summed E-state index contributed by atoms with van der Waals surface area (Å²) in [6.07, 6.45) is -0.635. The Morgan fingerprint density at radius 1 is 1.11 bits per heavy atom. The third-order valence-electron chi connectivity index (χ3n) is 4.75. The molecule has 1 fully saturated rings. The molecule has 1 aliphatic rings. The average Bonchev–Trinajstić information content (AvgIpc) is 3.23. The van der Waals surface area contributed by atoms with Gasteiger partial charge in [-0.25, -0.2) is 4.39 Å². The van der Waals surface area contributed by atoms with E-state index in [1.54, 1.807) is 41.3 Å². The van der Waals surface area contributed by atoms with Gasteiger partial charge in [-0.3, -0.25) is 4.79 Å². The number of nitrogens with zero attached hydrogens (tertiary/aromatic N) is 1. The van der Waals surface area contributed by atoms with Crippen molar-refractivity contribution in [3.05, 3.63) is 82.3 Å². The molecule has 0 aliphatic carbocycles. The van der Waals surface area contributed by atoms with Gasteiger partial charge in [0.2, 0.25) is 5.91 Å². The Labute approximate surface area is 170 Å². The van der Waals surface area contributed by atoms with Crippen LogP contribution < -0.4 is 4.90 Å². The molecule has 7 heteroatoms. The third-order valence-corrected chi connectivity index (χ3v) is 6.77. The number of phenols is 1. The highest BCUT2D eigenvalue weighted by Crippen LogP contribution is 2.46. The lowest BCUT2D eigenvalue weighted by Crippen LogP contribution is -2.57. The highest BCUT2D eigenvalue weighted by Gasteiger charge is 2.49. The standard InChI is InChI=1S/C21H18FNO3S2/c22-15-3-5-16(6-4-15)23-19(13-1-7-17(24)8-2-13)20(21(23)26)28-12-18(25)14-9-10-27-11-14/h1-11,18-20,24-25H,12H2. The second-order valence-corrected chi connectivity index (χ2v) is 8.50. The molecule has 4 nitrogen and oxygen atoms in total. The zero-order valence-electron chi connectivity index (χ0n) is 14.7. The molecule has 3 aromatic rings. The number of aromatic hydroxyl groups is 1. The van der Waals surface area contributed by atoms with Crippen molar-refractivity contribution in [2.24, 2.45) is 0 Å². The quantitative estimate of drug-likeness (QED) is 0.582. The molecule has 1 aromatic heterocycles. The van der Waals surface area contributed by atoms with Crippen LogP contribution in [-0.4, -0.2) is 27.1 Å². The largest absolute Gasteiger partial charge is 0.508 e. The van der Waals surface area contributed by atoms with E-state index in [2.05, 4.69) is 0 Å². The van der Waals surface area contributed by atoms with Crippen LogP contribution in [0.3, 0.4) is 0 Å². The van der Waals surface area contributed by atoms with Crippen LogP contribution in [0.2, 0.25) is 0 Å². The van der Waals surface area contributed by atoms with E-state index < -0.39 is 6.10 Å². The maximum atomic E-state index is 13.3. The fourth-order valence-electron chi connectivity index (χ4n) is 3.27. The van der Waals surface area contributed by atoms with Crippen molar-refractivity contribution in [1.29, 1.82) is 0 Å². The lowest BCUT2D eigenvalue weighted by molar-refractivity contribution is -0.123. The van der Waals surface area contributed by atoms with E-state index in [4.69, 9.17) is 0 Å². The van der Waals surface area contributed by atoms with Crippen molar-refractivity contribution in [1.82, 2.24) is 0 Å². The van der Waals surface area contributed by atoms with Crippen LogP contribution in [0.4, 0.5) is 10.1 Å². The van der Waals surface area contributed by atoms with Gasteiger partial charge < -0.3 is 15.1 Å². The van der Waals surface area contributed by atoms with Crippen molar-refractivity contribution >= 4 is 34.7 Å². The molecule has 0 spiro atoms. The Hall–Kier alpha value is -2.35. The van der Waals surface area contributed by atoms with Crippen LogP contribution in [0.15, 0.2) is 65.4 Å². The Balaban J connectivity index is 1.57. The number of β-lactam (4-membered cyclic amide) rings is 1. The smallest absolute Gasteiger partial charge is 0.243 e. The number of thiophene rings is 1. The lowest BCUT2D eigenvalue weighted by atomic mass is 9.92. The number of aliphatic hydroxyl groups excluding tert-OH is 1. The van der Waals surface area contributed by atoms with Gasteiger partial charge >= 0.3 is 0 Å². The van der Waals surface area contributed by atoms with Crippen LogP contribution in [0, 0.1) is 5.82 Å². The molecular weight excluding hydrogens is 397 g/mol. The molecule has 28 heavy (non-hydrogen) atoms. The summed E-state index contributed by atoms with van der Waals surface area (Å²) in [6, 6.07) is 14.2. The van der Waals surface area contributed by atoms with E-state index in [0.29, 0.717) is 11.4 Å². The number of benzene rings is 2. The Morgan fingerprint density at radius 3 is 2.46 bits per heavy atom. The first-order valence-corrected chi connectivity index (χ1v) is 10.7. The van der Waals surface area contributed by atoms with Gasteiger partial charge in [0.05, 0.1) is 12.1 Å². The molecule has 1 saturated heterocycles. The molecule has 1 aliphatic heterocycles. The minimum absolute atomic E-state index is 0.0767. The molecule has 3 atom stereocenters. The van der Waals surface area contributed by atoms with E-state index in [1.165, 1.54) is 35.2 Å². The van der Waals surface area contributed by atoms with E-state index in [-0.39, 0.29) is 28.8 Å². The maximum absolute atomic E-state index is 13.3. The van der Waals surface area contributed by atoms with Crippen molar-refractivity contribution in [3.63, 3.8) is 0 Å². The SMILES string of the molecule is O=C1C(SCC(O)c2ccsc2)C(c2ccc(O)cc2)N1c1ccc(F)cc1. The molecule has 0 bridgehead atoms. The van der Waals surface area contributed by atoms with E-state index in [1.807, 2.05) is 16.8 Å². The first kappa shape index (κ1) is 19.0. The van der Waals surface area contributed by atoms with Crippen LogP contribution in [0.5, 0.6) is 5.75 Å². The molecule has 2 N–H and O–H groups in total. The minimum atomic E-state index is -0.635. The number of rotatable bonds is 6. The van der Waals surface area contributed by atoms with Gasteiger partial charge in [0, 0.05) is 11.4 Å². The summed E-state index contributed by atoms with van der Waals surface area (Å²) in [5.74, 6) is 0.119. The number of carbonyl (C=O) groups excluding carboxylic acids is 1. The third kappa shape index (κ3) is 3.65.